The van der Waals surface area contributed by atoms with Gasteiger partial charge in [0.25, 0.3) is 5.91 Å². The minimum atomic E-state index is -1.03. The third-order valence-corrected chi connectivity index (χ3v) is 2.83. The van der Waals surface area contributed by atoms with Crippen molar-refractivity contribution in [2.45, 2.75) is 13.0 Å². The summed E-state index contributed by atoms with van der Waals surface area (Å²) in [6.45, 7) is 1.83. The van der Waals surface area contributed by atoms with Gasteiger partial charge in [-0.05, 0) is 30.7 Å². The molecule has 2 aromatic rings. The molecule has 2 aromatic carbocycles. The van der Waals surface area contributed by atoms with Crippen LogP contribution in [0.5, 0.6) is 0 Å². The summed E-state index contributed by atoms with van der Waals surface area (Å²) in [7, 11) is 0. The van der Waals surface area contributed by atoms with Crippen LogP contribution in [0, 0.1) is 11.6 Å². The third kappa shape index (κ3) is 3.16. The largest absolute Gasteiger partial charge is 0.346 e. The van der Waals surface area contributed by atoms with E-state index < -0.39 is 17.5 Å². The van der Waals surface area contributed by atoms with Crippen molar-refractivity contribution in [3.63, 3.8) is 0 Å². The molecule has 4 heteroatoms. The maximum absolute atomic E-state index is 13.0. The van der Waals surface area contributed by atoms with E-state index in [1.807, 2.05) is 37.3 Å². The van der Waals surface area contributed by atoms with Crippen molar-refractivity contribution in [1.29, 1.82) is 0 Å². The molecule has 1 amide bonds. The lowest BCUT2D eigenvalue weighted by atomic mass is 10.1. The van der Waals surface area contributed by atoms with Crippen molar-refractivity contribution < 1.29 is 13.6 Å². The van der Waals surface area contributed by atoms with Gasteiger partial charge in [0.15, 0.2) is 11.6 Å². The highest BCUT2D eigenvalue weighted by atomic mass is 19.2. The highest BCUT2D eigenvalue weighted by Crippen LogP contribution is 2.13. The lowest BCUT2D eigenvalue weighted by molar-refractivity contribution is 0.0939. The number of nitrogens with one attached hydrogen (secondary N) is 1. The van der Waals surface area contributed by atoms with Gasteiger partial charge in [0.1, 0.15) is 0 Å². The molecule has 0 aromatic heterocycles. The topological polar surface area (TPSA) is 29.1 Å². The van der Waals surface area contributed by atoms with Crippen molar-refractivity contribution in [1.82, 2.24) is 5.32 Å². The minimum absolute atomic E-state index is 0.0988. The Labute approximate surface area is 110 Å². The van der Waals surface area contributed by atoms with Crippen molar-refractivity contribution in [2.24, 2.45) is 0 Å². The molecule has 0 saturated carbocycles. The van der Waals surface area contributed by atoms with Crippen LogP contribution >= 0.6 is 0 Å². The highest BCUT2D eigenvalue weighted by Gasteiger charge is 2.13. The van der Waals surface area contributed by atoms with Crippen molar-refractivity contribution in [3.8, 4) is 0 Å². The van der Waals surface area contributed by atoms with E-state index in [4.69, 9.17) is 0 Å². The van der Waals surface area contributed by atoms with E-state index in [-0.39, 0.29) is 11.6 Å². The molecule has 98 valence electrons. The Kier molecular flexibility index (Phi) is 3.90. The zero-order valence-electron chi connectivity index (χ0n) is 10.4. The molecule has 2 nitrogen and oxygen atoms in total. The number of halogens is 2. The van der Waals surface area contributed by atoms with Gasteiger partial charge in [0.05, 0.1) is 6.04 Å². The molecule has 0 aliphatic rings. The predicted molar refractivity (Wildman–Crippen MR) is 68.7 cm³/mol. The molecule has 1 atom stereocenters. The van der Waals surface area contributed by atoms with E-state index in [0.717, 1.165) is 17.7 Å². The van der Waals surface area contributed by atoms with E-state index in [2.05, 4.69) is 5.32 Å². The van der Waals surface area contributed by atoms with E-state index in [1.54, 1.807) is 0 Å². The zero-order chi connectivity index (χ0) is 13.8. The maximum atomic E-state index is 13.0. The summed E-state index contributed by atoms with van der Waals surface area (Å²) in [5, 5.41) is 2.73. The Hall–Kier alpha value is -2.23. The Morgan fingerprint density at radius 1 is 1.05 bits per heavy atom. The molecule has 2 rings (SSSR count). The second kappa shape index (κ2) is 5.61. The lowest BCUT2D eigenvalue weighted by Crippen LogP contribution is -2.26. The first kappa shape index (κ1) is 13.2. The molecule has 0 spiro atoms. The lowest BCUT2D eigenvalue weighted by Gasteiger charge is -2.14. The SMILES string of the molecule is C[C@@H](NC(=O)c1ccc(F)c(F)c1)c1ccccc1. The van der Waals surface area contributed by atoms with E-state index in [9.17, 15) is 13.6 Å². The molecule has 0 bridgehead atoms. The second-order valence-electron chi connectivity index (χ2n) is 4.23. The Bertz CT molecular complexity index is 584. The smallest absolute Gasteiger partial charge is 0.251 e. The summed E-state index contributed by atoms with van der Waals surface area (Å²) in [6, 6.07) is 12.3. The number of rotatable bonds is 3. The van der Waals surface area contributed by atoms with E-state index >= 15 is 0 Å². The van der Waals surface area contributed by atoms with Gasteiger partial charge in [0, 0.05) is 5.56 Å². The van der Waals surface area contributed by atoms with Crippen LogP contribution in [0.2, 0.25) is 0 Å². The number of carbonyl (C=O) groups is 1. The molecule has 0 heterocycles. The molecule has 19 heavy (non-hydrogen) atoms. The second-order valence-corrected chi connectivity index (χ2v) is 4.23. The van der Waals surface area contributed by atoms with Gasteiger partial charge < -0.3 is 5.32 Å². The monoisotopic (exact) mass is 261 g/mol. The normalized spacial score (nSPS) is 11.9. The Morgan fingerprint density at radius 3 is 2.37 bits per heavy atom. The van der Waals surface area contributed by atoms with E-state index in [1.165, 1.54) is 6.07 Å². The van der Waals surface area contributed by atoms with Crippen LogP contribution in [-0.4, -0.2) is 5.91 Å². The highest BCUT2D eigenvalue weighted by molar-refractivity contribution is 5.94. The first-order chi connectivity index (χ1) is 9.08. The fourth-order valence-electron chi connectivity index (χ4n) is 1.74. The molecule has 0 radical (unpaired) electrons. The molecule has 0 fully saturated rings. The average Bonchev–Trinajstić information content (AvgIpc) is 2.42. The van der Waals surface area contributed by atoms with Gasteiger partial charge >= 0.3 is 0 Å². The number of amides is 1. The third-order valence-electron chi connectivity index (χ3n) is 2.83. The van der Waals surface area contributed by atoms with Crippen molar-refractivity contribution >= 4 is 5.91 Å². The first-order valence-electron chi connectivity index (χ1n) is 5.89. The van der Waals surface area contributed by atoms with Crippen LogP contribution in [0.4, 0.5) is 8.78 Å². The quantitative estimate of drug-likeness (QED) is 0.900. The fourth-order valence-corrected chi connectivity index (χ4v) is 1.74. The Morgan fingerprint density at radius 2 is 1.74 bits per heavy atom. The summed E-state index contributed by atoms with van der Waals surface area (Å²) in [5.74, 6) is -2.43. The average molecular weight is 261 g/mol. The predicted octanol–water partition coefficient (Wildman–Crippen LogP) is 3.46. The van der Waals surface area contributed by atoms with Crippen molar-refractivity contribution in [2.75, 3.05) is 0 Å². The summed E-state index contributed by atoms with van der Waals surface area (Å²) in [5.41, 5.74) is 1.04. The number of hydrogen-bond acceptors (Lipinski definition) is 1. The van der Waals surface area contributed by atoms with Gasteiger partial charge in [-0.15, -0.1) is 0 Å². The van der Waals surface area contributed by atoms with Crippen LogP contribution in [0.3, 0.4) is 0 Å². The number of carbonyl (C=O) groups excluding carboxylic acids is 1. The molecular weight excluding hydrogens is 248 g/mol. The standard InChI is InChI=1S/C15H13F2NO/c1-10(11-5-3-2-4-6-11)18-15(19)12-7-8-13(16)14(17)9-12/h2-10H,1H3,(H,18,19)/t10-/m1/s1. The van der Waals surface area contributed by atoms with Crippen molar-refractivity contribution in [3.05, 3.63) is 71.3 Å². The van der Waals surface area contributed by atoms with Gasteiger partial charge in [-0.25, -0.2) is 8.78 Å². The van der Waals surface area contributed by atoms with Gasteiger partial charge in [-0.2, -0.15) is 0 Å². The summed E-state index contributed by atoms with van der Waals surface area (Å²) in [4.78, 5) is 11.9. The molecule has 0 unspecified atom stereocenters. The minimum Gasteiger partial charge on any atom is -0.346 e. The molecular formula is C15H13F2NO. The summed E-state index contributed by atoms with van der Waals surface area (Å²) >= 11 is 0. The van der Waals surface area contributed by atoms with Gasteiger partial charge in [-0.1, -0.05) is 30.3 Å². The summed E-state index contributed by atoms with van der Waals surface area (Å²) in [6.07, 6.45) is 0. The van der Waals surface area contributed by atoms with Crippen LogP contribution in [0.15, 0.2) is 48.5 Å². The zero-order valence-corrected chi connectivity index (χ0v) is 10.4. The van der Waals surface area contributed by atoms with Crippen LogP contribution in [0.1, 0.15) is 28.9 Å². The van der Waals surface area contributed by atoms with Crippen LogP contribution in [0.25, 0.3) is 0 Å². The molecule has 1 N–H and O–H groups in total. The Balaban J connectivity index is 2.11. The fraction of sp³-hybridized carbons (Fsp3) is 0.133. The first-order valence-corrected chi connectivity index (χ1v) is 5.89. The van der Waals surface area contributed by atoms with Crippen LogP contribution in [-0.2, 0) is 0 Å². The van der Waals surface area contributed by atoms with Gasteiger partial charge in [0.2, 0.25) is 0 Å². The number of hydrogen-bond donors (Lipinski definition) is 1. The number of benzene rings is 2. The summed E-state index contributed by atoms with van der Waals surface area (Å²) < 4.78 is 25.8. The molecule has 0 aliphatic carbocycles. The van der Waals surface area contributed by atoms with Gasteiger partial charge in [-0.3, -0.25) is 4.79 Å². The maximum Gasteiger partial charge on any atom is 0.251 e. The molecule has 0 aliphatic heterocycles. The van der Waals surface area contributed by atoms with E-state index in [0.29, 0.717) is 0 Å². The van der Waals surface area contributed by atoms with Crippen LogP contribution < -0.4 is 5.32 Å². The molecule has 0 saturated heterocycles.